The highest BCUT2D eigenvalue weighted by atomic mass is 32.2. The Hall–Kier alpha value is -0.310. The summed E-state index contributed by atoms with van der Waals surface area (Å²) in [5.41, 5.74) is 0. The average molecular weight is 291 g/mol. The zero-order valence-corrected chi connectivity index (χ0v) is 13.0. The predicted octanol–water partition coefficient (Wildman–Crippen LogP) is 4.43. The van der Waals surface area contributed by atoms with E-state index in [4.69, 9.17) is 0 Å². The molecule has 1 aliphatic heterocycles. The summed E-state index contributed by atoms with van der Waals surface area (Å²) in [6.07, 6.45) is 13.4. The van der Waals surface area contributed by atoms with Gasteiger partial charge in [-0.05, 0) is 62.2 Å². The van der Waals surface area contributed by atoms with Crippen molar-refractivity contribution in [1.29, 1.82) is 0 Å². The van der Waals surface area contributed by atoms with Gasteiger partial charge in [-0.2, -0.15) is 0 Å². The number of hydrogen-bond acceptors (Lipinski definition) is 2. The Morgan fingerprint density at radius 3 is 2.55 bits per heavy atom. The van der Waals surface area contributed by atoms with Crippen molar-refractivity contribution >= 4 is 22.7 Å². The van der Waals surface area contributed by atoms with Gasteiger partial charge >= 0.3 is 0 Å². The van der Waals surface area contributed by atoms with Crippen LogP contribution in [0.5, 0.6) is 0 Å². The Bertz CT molecular complexity index is 427. The maximum Gasteiger partial charge on any atom is 0.260 e. The molecule has 4 aliphatic rings. The molecule has 3 aliphatic carbocycles. The number of rotatable bonds is 3. The maximum absolute atomic E-state index is 12.2. The van der Waals surface area contributed by atoms with E-state index in [-0.39, 0.29) is 11.2 Å². The zero-order chi connectivity index (χ0) is 13.5. The molecule has 3 saturated carbocycles. The van der Waals surface area contributed by atoms with Crippen molar-refractivity contribution in [3.05, 3.63) is 0 Å². The number of hydrogen-bond donors (Lipinski definition) is 0. The van der Waals surface area contributed by atoms with Gasteiger partial charge in [0.1, 0.15) is 0 Å². The molecule has 3 heteroatoms. The van der Waals surface area contributed by atoms with Crippen LogP contribution in [-0.2, 0) is 4.79 Å². The minimum absolute atomic E-state index is 0.184. The predicted molar refractivity (Wildman–Crippen MR) is 84.0 cm³/mol. The van der Waals surface area contributed by atoms with Crippen LogP contribution in [0.25, 0.3) is 0 Å². The first-order chi connectivity index (χ1) is 9.79. The molecule has 0 saturated heterocycles. The molecule has 4 rings (SSSR count). The van der Waals surface area contributed by atoms with Crippen LogP contribution in [0, 0.1) is 23.7 Å². The Labute approximate surface area is 126 Å². The van der Waals surface area contributed by atoms with Crippen molar-refractivity contribution in [3.63, 3.8) is 0 Å². The fourth-order valence-corrected chi connectivity index (χ4v) is 6.45. The molecule has 4 atom stereocenters. The monoisotopic (exact) mass is 291 g/mol. The second-order valence-electron chi connectivity index (χ2n) is 7.42. The van der Waals surface area contributed by atoms with Gasteiger partial charge < -0.3 is 0 Å². The van der Waals surface area contributed by atoms with E-state index in [1.165, 1.54) is 62.8 Å². The molecular formula is C17H25NOS. The second-order valence-corrected chi connectivity index (χ2v) is 8.63. The summed E-state index contributed by atoms with van der Waals surface area (Å²) in [5.74, 6) is 3.61. The standard InChI is InChI=1S/C17H25NOS/c19-17-16(12-4-2-1-3-5-12)20-15(18-17)10-14-9-11-6-7-13(14)8-11/h11-14,16H,1-10H2/t11-,13+,14-,16?/m1/s1. The molecule has 0 radical (unpaired) electrons. The van der Waals surface area contributed by atoms with Crippen molar-refractivity contribution in [2.45, 2.75) is 69.5 Å². The molecule has 1 unspecified atom stereocenters. The summed E-state index contributed by atoms with van der Waals surface area (Å²) >= 11 is 1.84. The molecular weight excluding hydrogens is 266 g/mol. The zero-order valence-electron chi connectivity index (χ0n) is 12.2. The molecule has 3 fully saturated rings. The molecule has 0 aromatic carbocycles. The molecule has 0 aromatic heterocycles. The highest BCUT2D eigenvalue weighted by Gasteiger charge is 2.42. The van der Waals surface area contributed by atoms with Crippen molar-refractivity contribution in [3.8, 4) is 0 Å². The third kappa shape index (κ3) is 2.47. The lowest BCUT2D eigenvalue weighted by molar-refractivity contribution is -0.118. The SMILES string of the molecule is O=C1N=C(C[C@H]2C[C@@H]3CC[C@H]2C3)SC1C1CCCCC1. The second kappa shape index (κ2) is 5.47. The van der Waals surface area contributed by atoms with Crippen LogP contribution < -0.4 is 0 Å². The van der Waals surface area contributed by atoms with E-state index in [1.807, 2.05) is 11.8 Å². The summed E-state index contributed by atoms with van der Waals surface area (Å²) in [4.78, 5) is 16.6. The summed E-state index contributed by atoms with van der Waals surface area (Å²) in [6, 6.07) is 0. The summed E-state index contributed by atoms with van der Waals surface area (Å²) in [5, 5.41) is 1.37. The Morgan fingerprint density at radius 1 is 1.00 bits per heavy atom. The van der Waals surface area contributed by atoms with E-state index in [0.29, 0.717) is 5.92 Å². The van der Waals surface area contributed by atoms with E-state index in [1.54, 1.807) is 0 Å². The largest absolute Gasteiger partial charge is 0.271 e. The molecule has 20 heavy (non-hydrogen) atoms. The van der Waals surface area contributed by atoms with Crippen LogP contribution in [-0.4, -0.2) is 16.2 Å². The Balaban J connectivity index is 1.36. The van der Waals surface area contributed by atoms with Crippen LogP contribution >= 0.6 is 11.8 Å². The van der Waals surface area contributed by atoms with Crippen LogP contribution in [0.1, 0.15) is 64.2 Å². The quantitative estimate of drug-likeness (QED) is 0.769. The van der Waals surface area contributed by atoms with Crippen LogP contribution in [0.15, 0.2) is 4.99 Å². The fourth-order valence-electron chi connectivity index (χ4n) is 5.09. The maximum atomic E-state index is 12.2. The van der Waals surface area contributed by atoms with Gasteiger partial charge in [-0.1, -0.05) is 37.4 Å². The van der Waals surface area contributed by atoms with Gasteiger partial charge in [-0.25, -0.2) is 4.99 Å². The summed E-state index contributed by atoms with van der Waals surface area (Å²) in [7, 11) is 0. The molecule has 110 valence electrons. The first-order valence-corrected chi connectivity index (χ1v) is 9.45. The topological polar surface area (TPSA) is 29.4 Å². The van der Waals surface area contributed by atoms with Gasteiger partial charge in [-0.15, -0.1) is 0 Å². The van der Waals surface area contributed by atoms with E-state index < -0.39 is 0 Å². The van der Waals surface area contributed by atoms with E-state index in [9.17, 15) is 4.79 Å². The molecule has 2 nitrogen and oxygen atoms in total. The number of fused-ring (bicyclic) bond motifs is 2. The number of thioether (sulfide) groups is 1. The van der Waals surface area contributed by atoms with Crippen molar-refractivity contribution in [2.24, 2.45) is 28.7 Å². The minimum atomic E-state index is 0.184. The molecule has 0 N–H and O–H groups in total. The van der Waals surface area contributed by atoms with Gasteiger partial charge in [0.05, 0.1) is 10.3 Å². The minimum Gasteiger partial charge on any atom is -0.271 e. The highest BCUT2D eigenvalue weighted by Crippen LogP contribution is 2.51. The van der Waals surface area contributed by atoms with Crippen molar-refractivity contribution in [2.75, 3.05) is 0 Å². The van der Waals surface area contributed by atoms with Gasteiger partial charge in [-0.3, -0.25) is 4.79 Å². The lowest BCUT2D eigenvalue weighted by Crippen LogP contribution is -2.24. The first kappa shape index (κ1) is 13.4. The normalized spacial score (nSPS) is 41.4. The highest BCUT2D eigenvalue weighted by molar-refractivity contribution is 8.15. The third-order valence-corrected chi connectivity index (χ3v) is 7.51. The fraction of sp³-hybridized carbons (Fsp3) is 0.882. The Morgan fingerprint density at radius 2 is 1.85 bits per heavy atom. The number of amides is 1. The number of carbonyl (C=O) groups excluding carboxylic acids is 1. The third-order valence-electron chi connectivity index (χ3n) is 6.14. The van der Waals surface area contributed by atoms with Crippen LogP contribution in [0.4, 0.5) is 0 Å². The van der Waals surface area contributed by atoms with E-state index >= 15 is 0 Å². The van der Waals surface area contributed by atoms with Crippen LogP contribution in [0.2, 0.25) is 0 Å². The van der Waals surface area contributed by atoms with E-state index in [2.05, 4.69) is 4.99 Å². The summed E-state index contributed by atoms with van der Waals surface area (Å²) in [6.45, 7) is 0. The van der Waals surface area contributed by atoms with Gasteiger partial charge in [0, 0.05) is 0 Å². The first-order valence-electron chi connectivity index (χ1n) is 8.57. The van der Waals surface area contributed by atoms with Crippen LogP contribution in [0.3, 0.4) is 0 Å². The average Bonchev–Trinajstić information content (AvgIpc) is 3.16. The number of carbonyl (C=O) groups is 1. The molecule has 0 spiro atoms. The van der Waals surface area contributed by atoms with Gasteiger partial charge in [0.2, 0.25) is 0 Å². The lowest BCUT2D eigenvalue weighted by Gasteiger charge is -2.25. The van der Waals surface area contributed by atoms with Crippen molar-refractivity contribution < 1.29 is 4.79 Å². The lowest BCUT2D eigenvalue weighted by atomic mass is 9.86. The number of aliphatic imine (C=N–C) groups is 1. The van der Waals surface area contributed by atoms with Gasteiger partial charge in [0.15, 0.2) is 0 Å². The Kier molecular flexibility index (Phi) is 3.66. The molecule has 1 heterocycles. The van der Waals surface area contributed by atoms with Gasteiger partial charge in [0.25, 0.3) is 5.91 Å². The molecule has 0 aromatic rings. The molecule has 2 bridgehead atoms. The summed E-state index contributed by atoms with van der Waals surface area (Å²) < 4.78 is 0. The van der Waals surface area contributed by atoms with E-state index in [0.717, 1.165) is 24.2 Å². The number of nitrogens with zero attached hydrogens (tertiary/aromatic N) is 1. The van der Waals surface area contributed by atoms with Crippen molar-refractivity contribution in [1.82, 2.24) is 0 Å². The smallest absolute Gasteiger partial charge is 0.260 e. The molecule has 1 amide bonds.